The first-order valence-electron chi connectivity index (χ1n) is 9.51. The van der Waals surface area contributed by atoms with Gasteiger partial charge in [0.15, 0.2) is 0 Å². The minimum absolute atomic E-state index is 0.238. The lowest BCUT2D eigenvalue weighted by atomic mass is 10.1. The van der Waals surface area contributed by atoms with Gasteiger partial charge in [-0.3, -0.25) is 4.90 Å². The van der Waals surface area contributed by atoms with Crippen molar-refractivity contribution < 1.29 is 4.39 Å². The lowest BCUT2D eigenvalue weighted by molar-refractivity contribution is 0.113. The fourth-order valence-electron chi connectivity index (χ4n) is 4.16. The zero-order valence-corrected chi connectivity index (χ0v) is 14.8. The highest BCUT2D eigenvalue weighted by Gasteiger charge is 2.22. The molecule has 4 rings (SSSR count). The predicted octanol–water partition coefficient (Wildman–Crippen LogP) is 3.32. The minimum atomic E-state index is -0.238. The normalized spacial score (nSPS) is 20.4. The van der Waals surface area contributed by atoms with Gasteiger partial charge in [0.05, 0.1) is 6.20 Å². The van der Waals surface area contributed by atoms with E-state index < -0.39 is 0 Å². The van der Waals surface area contributed by atoms with E-state index in [0.717, 1.165) is 44.2 Å². The lowest BCUT2D eigenvalue weighted by Gasteiger charge is -2.35. The number of aromatic nitrogens is 2. The summed E-state index contributed by atoms with van der Waals surface area (Å²) in [5.41, 5.74) is 1.66. The molecule has 25 heavy (non-hydrogen) atoms. The van der Waals surface area contributed by atoms with Crippen LogP contribution in [0, 0.1) is 11.7 Å². The zero-order valence-electron chi connectivity index (χ0n) is 14.8. The molecule has 0 radical (unpaired) electrons. The molecule has 2 aliphatic rings. The highest BCUT2D eigenvalue weighted by Crippen LogP contribution is 2.26. The smallest absolute Gasteiger partial charge is 0.148 e. The van der Waals surface area contributed by atoms with Crippen molar-refractivity contribution in [2.75, 3.05) is 32.7 Å². The van der Waals surface area contributed by atoms with Crippen molar-refractivity contribution in [2.24, 2.45) is 5.92 Å². The zero-order chi connectivity index (χ0) is 17.1. The van der Waals surface area contributed by atoms with Crippen molar-refractivity contribution in [3.05, 3.63) is 48.0 Å². The van der Waals surface area contributed by atoms with Crippen LogP contribution in [0.25, 0.3) is 5.69 Å². The van der Waals surface area contributed by atoms with Gasteiger partial charge < -0.3 is 4.90 Å². The molecule has 1 saturated carbocycles. The molecule has 4 nitrogen and oxygen atoms in total. The van der Waals surface area contributed by atoms with Gasteiger partial charge in [-0.05, 0) is 30.9 Å². The monoisotopic (exact) mass is 342 g/mol. The van der Waals surface area contributed by atoms with Crippen LogP contribution in [0.3, 0.4) is 0 Å². The highest BCUT2D eigenvalue weighted by atomic mass is 19.1. The van der Waals surface area contributed by atoms with E-state index in [9.17, 15) is 4.39 Å². The molecule has 0 spiro atoms. The lowest BCUT2D eigenvalue weighted by Crippen LogP contribution is -2.47. The van der Waals surface area contributed by atoms with Crippen LogP contribution in [-0.4, -0.2) is 52.3 Å². The van der Waals surface area contributed by atoms with Gasteiger partial charge in [-0.25, -0.2) is 9.07 Å². The fourth-order valence-corrected chi connectivity index (χ4v) is 4.16. The highest BCUT2D eigenvalue weighted by molar-refractivity contribution is 5.32. The molecule has 0 atom stereocenters. The van der Waals surface area contributed by atoms with Crippen LogP contribution in [0.4, 0.5) is 4.39 Å². The maximum Gasteiger partial charge on any atom is 0.148 e. The SMILES string of the molecule is Fc1ccccc1-n1cc(CN2CCN(CC3CCCC3)CC2)cn1. The summed E-state index contributed by atoms with van der Waals surface area (Å²) in [5, 5.41) is 4.34. The predicted molar refractivity (Wildman–Crippen MR) is 97.2 cm³/mol. The van der Waals surface area contributed by atoms with Crippen molar-refractivity contribution in [2.45, 2.75) is 32.2 Å². The Kier molecular flexibility index (Phi) is 5.13. The van der Waals surface area contributed by atoms with E-state index in [2.05, 4.69) is 14.9 Å². The molecular formula is C20H27FN4. The summed E-state index contributed by atoms with van der Waals surface area (Å²) >= 11 is 0. The Morgan fingerprint density at radius 1 is 1.00 bits per heavy atom. The second-order valence-electron chi connectivity index (χ2n) is 7.47. The molecule has 1 aliphatic heterocycles. The van der Waals surface area contributed by atoms with Crippen molar-refractivity contribution in [3.8, 4) is 5.69 Å². The van der Waals surface area contributed by atoms with E-state index in [1.165, 1.54) is 38.3 Å². The van der Waals surface area contributed by atoms with Crippen LogP contribution >= 0.6 is 0 Å². The number of piperazine rings is 1. The average molecular weight is 342 g/mol. The van der Waals surface area contributed by atoms with E-state index in [0.29, 0.717) is 5.69 Å². The van der Waals surface area contributed by atoms with Crippen molar-refractivity contribution in [1.29, 1.82) is 0 Å². The topological polar surface area (TPSA) is 24.3 Å². The second-order valence-corrected chi connectivity index (χ2v) is 7.47. The Labute approximate surface area is 149 Å². The molecule has 1 saturated heterocycles. The molecule has 2 heterocycles. The molecule has 134 valence electrons. The molecule has 2 fully saturated rings. The van der Waals surface area contributed by atoms with Gasteiger partial charge in [-0.2, -0.15) is 5.10 Å². The number of hydrogen-bond acceptors (Lipinski definition) is 3. The van der Waals surface area contributed by atoms with Crippen LogP contribution in [0.2, 0.25) is 0 Å². The van der Waals surface area contributed by atoms with Crippen LogP contribution in [0.5, 0.6) is 0 Å². The van der Waals surface area contributed by atoms with Gasteiger partial charge in [-0.15, -0.1) is 0 Å². The number of para-hydroxylation sites is 1. The van der Waals surface area contributed by atoms with Gasteiger partial charge in [0.2, 0.25) is 0 Å². The van der Waals surface area contributed by atoms with Crippen molar-refractivity contribution >= 4 is 0 Å². The second kappa shape index (κ2) is 7.67. The van der Waals surface area contributed by atoms with E-state index in [1.807, 2.05) is 18.5 Å². The molecule has 0 bridgehead atoms. The Morgan fingerprint density at radius 3 is 2.48 bits per heavy atom. The van der Waals surface area contributed by atoms with Gasteiger partial charge in [-0.1, -0.05) is 25.0 Å². The fraction of sp³-hybridized carbons (Fsp3) is 0.550. The number of hydrogen-bond donors (Lipinski definition) is 0. The number of rotatable bonds is 5. The molecule has 1 aliphatic carbocycles. The standard InChI is InChI=1S/C20H27FN4/c21-19-7-3-4-8-20(19)25-16-18(13-22-25)15-24-11-9-23(10-12-24)14-17-5-1-2-6-17/h3-4,7-8,13,16-17H,1-2,5-6,9-12,14-15H2. The van der Waals surface area contributed by atoms with Gasteiger partial charge in [0.1, 0.15) is 11.5 Å². The first-order valence-corrected chi connectivity index (χ1v) is 9.51. The summed E-state index contributed by atoms with van der Waals surface area (Å²) in [6.45, 7) is 6.73. The van der Waals surface area contributed by atoms with Gasteiger partial charge in [0.25, 0.3) is 0 Å². The third kappa shape index (κ3) is 4.10. The van der Waals surface area contributed by atoms with E-state index in [-0.39, 0.29) is 5.82 Å². The Bertz CT molecular complexity index is 685. The molecule has 1 aromatic heterocycles. The number of benzene rings is 1. The first-order chi connectivity index (χ1) is 12.3. The molecule has 0 N–H and O–H groups in total. The minimum Gasteiger partial charge on any atom is -0.301 e. The Morgan fingerprint density at radius 2 is 1.72 bits per heavy atom. The summed E-state index contributed by atoms with van der Waals surface area (Å²) in [7, 11) is 0. The van der Waals surface area contributed by atoms with Gasteiger partial charge >= 0.3 is 0 Å². The molecule has 1 aromatic carbocycles. The van der Waals surface area contributed by atoms with Gasteiger partial charge in [0, 0.05) is 51.0 Å². The van der Waals surface area contributed by atoms with Crippen LogP contribution < -0.4 is 0 Å². The molecule has 0 amide bonds. The van der Waals surface area contributed by atoms with E-state index >= 15 is 0 Å². The summed E-state index contributed by atoms with van der Waals surface area (Å²) in [6, 6.07) is 6.77. The molecule has 2 aromatic rings. The molecule has 0 unspecified atom stereocenters. The summed E-state index contributed by atoms with van der Waals surface area (Å²) in [4.78, 5) is 5.11. The molecule has 5 heteroatoms. The molecular weight excluding hydrogens is 315 g/mol. The third-order valence-electron chi connectivity index (χ3n) is 5.60. The number of halogens is 1. The average Bonchev–Trinajstić information content (AvgIpc) is 3.29. The maximum atomic E-state index is 13.9. The maximum absolute atomic E-state index is 13.9. The first kappa shape index (κ1) is 16.7. The van der Waals surface area contributed by atoms with Crippen LogP contribution in [-0.2, 0) is 6.54 Å². The van der Waals surface area contributed by atoms with E-state index in [1.54, 1.807) is 16.8 Å². The summed E-state index contributed by atoms with van der Waals surface area (Å²) in [5.74, 6) is 0.697. The largest absolute Gasteiger partial charge is 0.301 e. The van der Waals surface area contributed by atoms with E-state index in [4.69, 9.17) is 0 Å². The van der Waals surface area contributed by atoms with Crippen molar-refractivity contribution in [1.82, 2.24) is 19.6 Å². The van der Waals surface area contributed by atoms with Crippen molar-refractivity contribution in [3.63, 3.8) is 0 Å². The summed E-state index contributed by atoms with van der Waals surface area (Å²) in [6.07, 6.45) is 9.51. The van der Waals surface area contributed by atoms with Crippen LogP contribution in [0.1, 0.15) is 31.2 Å². The summed E-state index contributed by atoms with van der Waals surface area (Å²) < 4.78 is 15.5. The number of nitrogens with zero attached hydrogens (tertiary/aromatic N) is 4. The van der Waals surface area contributed by atoms with Crippen LogP contribution in [0.15, 0.2) is 36.7 Å². The Balaban J connectivity index is 1.29. The third-order valence-corrected chi connectivity index (χ3v) is 5.60. The quantitative estimate of drug-likeness (QED) is 0.833. The Hall–Kier alpha value is -1.72.